The van der Waals surface area contributed by atoms with E-state index in [0.29, 0.717) is 6.61 Å². The van der Waals surface area contributed by atoms with E-state index in [-0.39, 0.29) is 0 Å². The van der Waals surface area contributed by atoms with E-state index in [1.807, 2.05) is 19.1 Å². The average molecular weight is 277 g/mol. The molecule has 0 heterocycles. The number of rotatable bonds is 10. The number of hydrogen-bond acceptors (Lipinski definition) is 3. The lowest BCUT2D eigenvalue weighted by molar-refractivity contribution is 0.309. The molecule has 112 valence electrons. The zero-order valence-electron chi connectivity index (χ0n) is 13.0. The smallest absolute Gasteiger partial charge is 0.127 e. The van der Waals surface area contributed by atoms with Crippen molar-refractivity contribution in [3.8, 4) is 11.5 Å². The molecule has 0 fully saturated rings. The van der Waals surface area contributed by atoms with Gasteiger partial charge >= 0.3 is 0 Å². The SMILES string of the molecule is C=C(C)COc1cc(OCCC)ccc1CNCCC. The van der Waals surface area contributed by atoms with Gasteiger partial charge in [-0.05, 0) is 37.9 Å². The molecule has 1 rings (SSSR count). The molecule has 0 bridgehead atoms. The Morgan fingerprint density at radius 3 is 2.65 bits per heavy atom. The van der Waals surface area contributed by atoms with E-state index >= 15 is 0 Å². The monoisotopic (exact) mass is 277 g/mol. The second kappa shape index (κ2) is 9.43. The summed E-state index contributed by atoms with van der Waals surface area (Å²) in [6.07, 6.45) is 2.13. The highest BCUT2D eigenvalue weighted by molar-refractivity contribution is 5.41. The van der Waals surface area contributed by atoms with Gasteiger partial charge in [0, 0.05) is 18.2 Å². The summed E-state index contributed by atoms with van der Waals surface area (Å²) in [4.78, 5) is 0. The molecule has 20 heavy (non-hydrogen) atoms. The van der Waals surface area contributed by atoms with Crippen molar-refractivity contribution in [2.24, 2.45) is 0 Å². The fourth-order valence-electron chi connectivity index (χ4n) is 1.73. The zero-order valence-corrected chi connectivity index (χ0v) is 13.0. The van der Waals surface area contributed by atoms with E-state index in [1.54, 1.807) is 0 Å². The molecular weight excluding hydrogens is 250 g/mol. The van der Waals surface area contributed by atoms with E-state index in [9.17, 15) is 0 Å². The van der Waals surface area contributed by atoms with Gasteiger partial charge < -0.3 is 14.8 Å². The minimum atomic E-state index is 0.540. The van der Waals surface area contributed by atoms with Crippen LogP contribution in [0.3, 0.4) is 0 Å². The van der Waals surface area contributed by atoms with Crippen molar-refractivity contribution in [3.05, 3.63) is 35.9 Å². The van der Waals surface area contributed by atoms with Gasteiger partial charge in [0.2, 0.25) is 0 Å². The van der Waals surface area contributed by atoms with Crippen LogP contribution in [0.1, 0.15) is 39.2 Å². The van der Waals surface area contributed by atoms with E-state index < -0.39 is 0 Å². The first-order chi connectivity index (χ1) is 9.67. The Morgan fingerprint density at radius 2 is 2.00 bits per heavy atom. The van der Waals surface area contributed by atoms with Gasteiger partial charge in [0.05, 0.1) is 6.61 Å². The summed E-state index contributed by atoms with van der Waals surface area (Å²) in [5.41, 5.74) is 2.17. The summed E-state index contributed by atoms with van der Waals surface area (Å²) in [7, 11) is 0. The standard InChI is InChI=1S/C17H27NO2/c1-5-9-18-12-15-7-8-16(19-10-6-2)11-17(15)20-13-14(3)4/h7-8,11,18H,3,5-6,9-10,12-13H2,1-2,4H3. The van der Waals surface area contributed by atoms with Crippen molar-refractivity contribution in [1.82, 2.24) is 5.32 Å². The van der Waals surface area contributed by atoms with Crippen LogP contribution in [0.4, 0.5) is 0 Å². The maximum absolute atomic E-state index is 5.83. The molecule has 3 nitrogen and oxygen atoms in total. The van der Waals surface area contributed by atoms with Crippen molar-refractivity contribution < 1.29 is 9.47 Å². The fourth-order valence-corrected chi connectivity index (χ4v) is 1.73. The minimum absolute atomic E-state index is 0.540. The lowest BCUT2D eigenvalue weighted by Gasteiger charge is -2.14. The summed E-state index contributed by atoms with van der Waals surface area (Å²) in [6, 6.07) is 6.05. The van der Waals surface area contributed by atoms with Gasteiger partial charge in [-0.2, -0.15) is 0 Å². The van der Waals surface area contributed by atoms with Crippen LogP contribution in [0, 0.1) is 0 Å². The second-order valence-electron chi connectivity index (χ2n) is 5.04. The molecule has 1 aromatic carbocycles. The first kappa shape index (κ1) is 16.6. The molecule has 0 saturated heterocycles. The molecule has 0 spiro atoms. The summed E-state index contributed by atoms with van der Waals surface area (Å²) >= 11 is 0. The molecule has 0 aliphatic carbocycles. The predicted molar refractivity (Wildman–Crippen MR) is 84.5 cm³/mol. The van der Waals surface area contributed by atoms with Crippen molar-refractivity contribution in [2.75, 3.05) is 19.8 Å². The van der Waals surface area contributed by atoms with E-state index in [2.05, 4.69) is 31.8 Å². The third kappa shape index (κ3) is 6.11. The predicted octanol–water partition coefficient (Wildman–Crippen LogP) is 3.93. The number of hydrogen-bond donors (Lipinski definition) is 1. The minimum Gasteiger partial charge on any atom is -0.493 e. The van der Waals surface area contributed by atoms with Crippen LogP contribution in [0.15, 0.2) is 30.4 Å². The van der Waals surface area contributed by atoms with Gasteiger partial charge in [-0.15, -0.1) is 0 Å². The lowest BCUT2D eigenvalue weighted by atomic mass is 10.2. The highest BCUT2D eigenvalue weighted by atomic mass is 16.5. The molecule has 1 aromatic rings. The summed E-state index contributed by atoms with van der Waals surface area (Å²) < 4.78 is 11.5. The average Bonchev–Trinajstić information content (AvgIpc) is 2.44. The van der Waals surface area contributed by atoms with E-state index in [4.69, 9.17) is 9.47 Å². The summed E-state index contributed by atoms with van der Waals surface area (Å²) in [5.74, 6) is 1.74. The lowest BCUT2D eigenvalue weighted by Crippen LogP contribution is -2.15. The molecule has 3 heteroatoms. The van der Waals surface area contributed by atoms with Crippen LogP contribution in [-0.4, -0.2) is 19.8 Å². The molecule has 0 aliphatic heterocycles. The van der Waals surface area contributed by atoms with Crippen molar-refractivity contribution >= 4 is 0 Å². The molecule has 0 unspecified atom stereocenters. The van der Waals surface area contributed by atoms with Gasteiger partial charge in [-0.3, -0.25) is 0 Å². The molecule has 0 atom stereocenters. The Balaban J connectivity index is 2.76. The third-order valence-corrected chi connectivity index (χ3v) is 2.73. The topological polar surface area (TPSA) is 30.5 Å². The van der Waals surface area contributed by atoms with Crippen LogP contribution in [0.25, 0.3) is 0 Å². The van der Waals surface area contributed by atoms with Crippen molar-refractivity contribution in [3.63, 3.8) is 0 Å². The molecule has 0 aliphatic rings. The number of ether oxygens (including phenoxy) is 2. The first-order valence-corrected chi connectivity index (χ1v) is 7.41. The van der Waals surface area contributed by atoms with Gasteiger partial charge in [0.15, 0.2) is 0 Å². The van der Waals surface area contributed by atoms with Gasteiger partial charge in [-0.1, -0.05) is 26.5 Å². The van der Waals surface area contributed by atoms with Crippen LogP contribution < -0.4 is 14.8 Å². The first-order valence-electron chi connectivity index (χ1n) is 7.41. The Hall–Kier alpha value is -1.48. The molecule has 0 radical (unpaired) electrons. The summed E-state index contributed by atoms with van der Waals surface area (Å²) in [5, 5.41) is 3.40. The fraction of sp³-hybridized carbons (Fsp3) is 0.529. The normalized spacial score (nSPS) is 10.3. The summed E-state index contributed by atoms with van der Waals surface area (Å²) in [6.45, 7) is 13.2. The van der Waals surface area contributed by atoms with Crippen LogP contribution in [0.5, 0.6) is 11.5 Å². The maximum Gasteiger partial charge on any atom is 0.127 e. The van der Waals surface area contributed by atoms with Gasteiger partial charge in [0.1, 0.15) is 18.1 Å². The molecule has 0 amide bonds. The van der Waals surface area contributed by atoms with Crippen LogP contribution in [-0.2, 0) is 6.54 Å². The third-order valence-electron chi connectivity index (χ3n) is 2.73. The van der Waals surface area contributed by atoms with Gasteiger partial charge in [0.25, 0.3) is 0 Å². The molecule has 1 N–H and O–H groups in total. The van der Waals surface area contributed by atoms with Crippen LogP contribution in [0.2, 0.25) is 0 Å². The maximum atomic E-state index is 5.83. The van der Waals surface area contributed by atoms with Gasteiger partial charge in [-0.25, -0.2) is 0 Å². The Morgan fingerprint density at radius 1 is 1.20 bits per heavy atom. The highest BCUT2D eigenvalue weighted by Crippen LogP contribution is 2.25. The molecular formula is C17H27NO2. The largest absolute Gasteiger partial charge is 0.493 e. The Bertz CT molecular complexity index is 415. The highest BCUT2D eigenvalue weighted by Gasteiger charge is 2.06. The second-order valence-corrected chi connectivity index (χ2v) is 5.04. The Kier molecular flexibility index (Phi) is 7.81. The zero-order chi connectivity index (χ0) is 14.8. The number of benzene rings is 1. The molecule has 0 aromatic heterocycles. The Labute approximate surface area is 123 Å². The van der Waals surface area contributed by atoms with Crippen molar-refractivity contribution in [1.29, 1.82) is 0 Å². The van der Waals surface area contributed by atoms with Crippen molar-refractivity contribution in [2.45, 2.75) is 40.2 Å². The van der Waals surface area contributed by atoms with Crippen LogP contribution >= 0.6 is 0 Å². The molecule has 0 saturated carbocycles. The quantitative estimate of drug-likeness (QED) is 0.519. The van der Waals surface area contributed by atoms with E-state index in [1.165, 1.54) is 0 Å². The number of nitrogens with one attached hydrogen (secondary N) is 1. The van der Waals surface area contributed by atoms with E-state index in [0.717, 1.165) is 55.2 Å².